The number of anilines is 2. The monoisotopic (exact) mass is 494 g/mol. The molecule has 0 aliphatic carbocycles. The first kappa shape index (κ1) is 24.6. The molecule has 8 heteroatoms. The molecular formula is C27H27ClN2O5. The number of amides is 1. The lowest BCUT2D eigenvalue weighted by Crippen LogP contribution is -2.37. The van der Waals surface area contributed by atoms with Crippen molar-refractivity contribution in [3.8, 4) is 5.75 Å². The molecule has 1 N–H and O–H groups in total. The molecule has 0 aromatic heterocycles. The van der Waals surface area contributed by atoms with Gasteiger partial charge in [0.05, 0.1) is 31.0 Å². The molecule has 3 aromatic carbocycles. The van der Waals surface area contributed by atoms with Crippen LogP contribution < -0.4 is 14.5 Å². The number of hydrogen-bond acceptors (Lipinski definition) is 5. The Morgan fingerprint density at radius 1 is 1.06 bits per heavy atom. The number of carbonyl (C=O) groups excluding carboxylic acids is 1. The number of carbonyl (C=O) groups is 2. The maximum atomic E-state index is 12.6. The van der Waals surface area contributed by atoms with Crippen molar-refractivity contribution < 1.29 is 24.2 Å². The van der Waals surface area contributed by atoms with Crippen molar-refractivity contribution in [3.63, 3.8) is 0 Å². The fourth-order valence-corrected chi connectivity index (χ4v) is 4.21. The van der Waals surface area contributed by atoms with Crippen LogP contribution in [-0.4, -0.2) is 43.3 Å². The minimum atomic E-state index is -1.04. The van der Waals surface area contributed by atoms with Crippen molar-refractivity contribution in [1.29, 1.82) is 0 Å². The number of morpholine rings is 1. The van der Waals surface area contributed by atoms with Crippen LogP contribution >= 0.6 is 11.6 Å². The topological polar surface area (TPSA) is 79.3 Å². The van der Waals surface area contributed by atoms with Gasteiger partial charge in [-0.05, 0) is 42.0 Å². The van der Waals surface area contributed by atoms with Crippen LogP contribution in [0, 0.1) is 0 Å². The molecule has 182 valence electrons. The summed E-state index contributed by atoms with van der Waals surface area (Å²) in [6.45, 7) is 4.41. The number of aromatic carboxylic acids is 1. The smallest absolute Gasteiger partial charge is 0.337 e. The van der Waals surface area contributed by atoms with E-state index >= 15 is 0 Å². The molecule has 4 rings (SSSR count). The highest BCUT2D eigenvalue weighted by Gasteiger charge is 2.21. The molecule has 0 saturated carbocycles. The minimum absolute atomic E-state index is 0.160. The first-order chi connectivity index (χ1) is 16.9. The molecule has 1 aliphatic heterocycles. The standard InChI is InChI=1S/C27H27ClN2O5/c1-19(31)30(22-9-10-26(24(16-22)27(32)33)29-11-13-34-14-12-29)17-20-5-4-7-23(15-20)35-18-21-6-2-3-8-25(21)28/h2-10,15-16H,11-14,17-18H2,1H3,(H,32,33). The van der Waals surface area contributed by atoms with Gasteiger partial charge < -0.3 is 24.4 Å². The molecule has 0 spiro atoms. The molecule has 1 heterocycles. The van der Waals surface area contributed by atoms with Gasteiger partial charge in [0.2, 0.25) is 5.91 Å². The van der Waals surface area contributed by atoms with E-state index in [0.29, 0.717) is 55.1 Å². The second kappa shape index (κ2) is 11.3. The van der Waals surface area contributed by atoms with E-state index in [4.69, 9.17) is 21.1 Å². The highest BCUT2D eigenvalue weighted by molar-refractivity contribution is 6.31. The number of nitrogens with zero attached hydrogens (tertiary/aromatic N) is 2. The van der Waals surface area contributed by atoms with Crippen LogP contribution in [0.5, 0.6) is 5.75 Å². The number of rotatable bonds is 8. The Labute approximate surface area is 209 Å². The Morgan fingerprint density at radius 3 is 2.54 bits per heavy atom. The Bertz CT molecular complexity index is 1210. The molecule has 1 amide bonds. The van der Waals surface area contributed by atoms with Crippen molar-refractivity contribution in [2.45, 2.75) is 20.1 Å². The van der Waals surface area contributed by atoms with E-state index in [1.165, 1.54) is 6.92 Å². The van der Waals surface area contributed by atoms with Gasteiger partial charge in [-0.15, -0.1) is 0 Å². The number of ether oxygens (including phenoxy) is 2. The van der Waals surface area contributed by atoms with Crippen LogP contribution in [0.25, 0.3) is 0 Å². The lowest BCUT2D eigenvalue weighted by molar-refractivity contribution is -0.116. The predicted molar refractivity (Wildman–Crippen MR) is 136 cm³/mol. The van der Waals surface area contributed by atoms with Gasteiger partial charge in [0.15, 0.2) is 0 Å². The van der Waals surface area contributed by atoms with Crippen LogP contribution in [0.4, 0.5) is 11.4 Å². The molecule has 3 aromatic rings. The largest absolute Gasteiger partial charge is 0.489 e. The third-order valence-electron chi connectivity index (χ3n) is 5.85. The molecule has 1 saturated heterocycles. The Balaban J connectivity index is 1.54. The normalized spacial score (nSPS) is 13.4. The molecule has 35 heavy (non-hydrogen) atoms. The van der Waals surface area contributed by atoms with Gasteiger partial charge in [0.1, 0.15) is 12.4 Å². The van der Waals surface area contributed by atoms with Crippen LogP contribution in [0.1, 0.15) is 28.4 Å². The highest BCUT2D eigenvalue weighted by atomic mass is 35.5. The van der Waals surface area contributed by atoms with Gasteiger partial charge in [-0.2, -0.15) is 0 Å². The van der Waals surface area contributed by atoms with E-state index in [1.807, 2.05) is 53.4 Å². The second-order valence-electron chi connectivity index (χ2n) is 8.24. The quantitative estimate of drug-likeness (QED) is 0.474. The third-order valence-corrected chi connectivity index (χ3v) is 6.21. The first-order valence-electron chi connectivity index (χ1n) is 11.4. The predicted octanol–water partition coefficient (Wildman–Crippen LogP) is 5.01. The Kier molecular flexibility index (Phi) is 7.90. The summed E-state index contributed by atoms with van der Waals surface area (Å²) in [5.41, 5.74) is 3.04. The number of halogens is 1. The summed E-state index contributed by atoms with van der Waals surface area (Å²) in [5, 5.41) is 10.5. The molecule has 0 bridgehead atoms. The molecule has 0 atom stereocenters. The summed E-state index contributed by atoms with van der Waals surface area (Å²) in [7, 11) is 0. The Morgan fingerprint density at radius 2 is 1.83 bits per heavy atom. The van der Waals surface area contributed by atoms with Crippen molar-refractivity contribution in [2.75, 3.05) is 36.1 Å². The van der Waals surface area contributed by atoms with Gasteiger partial charge in [0, 0.05) is 36.3 Å². The average Bonchev–Trinajstić information content (AvgIpc) is 2.87. The zero-order chi connectivity index (χ0) is 24.8. The van der Waals surface area contributed by atoms with Crippen molar-refractivity contribution in [2.24, 2.45) is 0 Å². The lowest BCUT2D eigenvalue weighted by atomic mass is 10.1. The SMILES string of the molecule is CC(=O)N(Cc1cccc(OCc2ccccc2Cl)c1)c1ccc(N2CCOCC2)c(C(=O)O)c1. The van der Waals surface area contributed by atoms with Crippen molar-refractivity contribution in [1.82, 2.24) is 0 Å². The molecule has 1 aliphatic rings. The third kappa shape index (κ3) is 6.12. The average molecular weight is 495 g/mol. The maximum absolute atomic E-state index is 12.6. The molecule has 0 unspecified atom stereocenters. The summed E-state index contributed by atoms with van der Waals surface area (Å²) < 4.78 is 11.3. The van der Waals surface area contributed by atoms with Gasteiger partial charge in [0.25, 0.3) is 0 Å². The minimum Gasteiger partial charge on any atom is -0.489 e. The van der Waals surface area contributed by atoms with E-state index in [2.05, 4.69) is 0 Å². The van der Waals surface area contributed by atoms with Crippen LogP contribution in [-0.2, 0) is 22.7 Å². The van der Waals surface area contributed by atoms with Gasteiger partial charge in [-0.3, -0.25) is 4.79 Å². The first-order valence-corrected chi connectivity index (χ1v) is 11.7. The number of carboxylic acid groups (broad SMARTS) is 1. The van der Waals surface area contributed by atoms with Crippen LogP contribution in [0.2, 0.25) is 5.02 Å². The highest BCUT2D eigenvalue weighted by Crippen LogP contribution is 2.29. The van der Waals surface area contributed by atoms with E-state index in [-0.39, 0.29) is 18.0 Å². The number of carboxylic acids is 1. The van der Waals surface area contributed by atoms with E-state index in [0.717, 1.165) is 11.1 Å². The summed E-state index contributed by atoms with van der Waals surface area (Å²) in [5.74, 6) is -0.575. The van der Waals surface area contributed by atoms with Crippen molar-refractivity contribution in [3.05, 3.63) is 88.4 Å². The summed E-state index contributed by atoms with van der Waals surface area (Å²) >= 11 is 6.21. The van der Waals surface area contributed by atoms with Crippen LogP contribution in [0.3, 0.4) is 0 Å². The maximum Gasteiger partial charge on any atom is 0.337 e. The number of benzene rings is 3. The van der Waals surface area contributed by atoms with Crippen molar-refractivity contribution >= 4 is 34.9 Å². The summed E-state index contributed by atoms with van der Waals surface area (Å²) in [4.78, 5) is 28.1. The van der Waals surface area contributed by atoms with Gasteiger partial charge in [-0.1, -0.05) is 41.9 Å². The summed E-state index contributed by atoms with van der Waals surface area (Å²) in [6, 6.07) is 20.1. The number of hydrogen-bond donors (Lipinski definition) is 1. The molecular weight excluding hydrogens is 468 g/mol. The zero-order valence-corrected chi connectivity index (χ0v) is 20.2. The Hall–Kier alpha value is -3.55. The molecule has 7 nitrogen and oxygen atoms in total. The van der Waals surface area contributed by atoms with Gasteiger partial charge in [-0.25, -0.2) is 4.79 Å². The molecule has 0 radical (unpaired) electrons. The molecule has 1 fully saturated rings. The lowest BCUT2D eigenvalue weighted by Gasteiger charge is -2.31. The van der Waals surface area contributed by atoms with Crippen LogP contribution in [0.15, 0.2) is 66.7 Å². The van der Waals surface area contributed by atoms with E-state index < -0.39 is 5.97 Å². The fraction of sp³-hybridized carbons (Fsp3) is 0.259. The summed E-state index contributed by atoms with van der Waals surface area (Å²) in [6.07, 6.45) is 0. The zero-order valence-electron chi connectivity index (χ0n) is 19.4. The van der Waals surface area contributed by atoms with E-state index in [9.17, 15) is 14.7 Å². The van der Waals surface area contributed by atoms with E-state index in [1.54, 1.807) is 23.1 Å². The second-order valence-corrected chi connectivity index (χ2v) is 8.65. The van der Waals surface area contributed by atoms with Gasteiger partial charge >= 0.3 is 5.97 Å². The fourth-order valence-electron chi connectivity index (χ4n) is 4.02.